The van der Waals surface area contributed by atoms with Crippen molar-refractivity contribution in [2.45, 2.75) is 12.8 Å². The maximum atomic E-state index is 13.3. The van der Waals surface area contributed by atoms with E-state index < -0.39 is 0 Å². The van der Waals surface area contributed by atoms with Crippen molar-refractivity contribution < 1.29 is 9.53 Å². The molecule has 31 heavy (non-hydrogen) atoms. The summed E-state index contributed by atoms with van der Waals surface area (Å²) in [4.78, 5) is 20.3. The summed E-state index contributed by atoms with van der Waals surface area (Å²) >= 11 is 3.57. The van der Waals surface area contributed by atoms with Crippen molar-refractivity contribution in [3.05, 3.63) is 81.7 Å². The van der Waals surface area contributed by atoms with Crippen LogP contribution in [0, 0.1) is 0 Å². The van der Waals surface area contributed by atoms with Crippen molar-refractivity contribution in [3.63, 3.8) is 0 Å². The number of pyridine rings is 1. The quantitative estimate of drug-likeness (QED) is 0.527. The van der Waals surface area contributed by atoms with Crippen molar-refractivity contribution in [2.75, 3.05) is 32.8 Å². The summed E-state index contributed by atoms with van der Waals surface area (Å²) < 4.78 is 8.46. The number of carbonyl (C=O) groups excluding carboxylic acids is 1. The molecule has 1 fully saturated rings. The third-order valence-electron chi connectivity index (χ3n) is 5.91. The molecule has 1 saturated heterocycles. The molecule has 3 heterocycles. The predicted molar refractivity (Wildman–Crippen MR) is 126 cm³/mol. The number of ketones is 1. The van der Waals surface area contributed by atoms with E-state index in [0.717, 1.165) is 71.8 Å². The Labute approximate surface area is 190 Å². The average molecular weight is 478 g/mol. The summed E-state index contributed by atoms with van der Waals surface area (Å²) in [6.07, 6.45) is 9.36. The van der Waals surface area contributed by atoms with Gasteiger partial charge in [-0.05, 0) is 53.5 Å². The number of benzene rings is 1. The molecule has 0 atom stereocenters. The molecule has 0 spiro atoms. The number of ether oxygens (including phenoxy) is 1. The van der Waals surface area contributed by atoms with E-state index in [9.17, 15) is 4.79 Å². The van der Waals surface area contributed by atoms with E-state index in [0.29, 0.717) is 6.42 Å². The van der Waals surface area contributed by atoms with E-state index in [1.165, 1.54) is 5.56 Å². The Morgan fingerprint density at radius 1 is 1.16 bits per heavy atom. The number of Topliss-reactive ketones (excluding diaryl/α,β-unsaturated/α-hetero) is 1. The fourth-order valence-corrected chi connectivity index (χ4v) is 4.73. The Morgan fingerprint density at radius 3 is 2.87 bits per heavy atom. The van der Waals surface area contributed by atoms with Crippen LogP contribution in [0.5, 0.6) is 0 Å². The first-order valence-electron chi connectivity index (χ1n) is 10.6. The van der Waals surface area contributed by atoms with Gasteiger partial charge < -0.3 is 9.14 Å². The van der Waals surface area contributed by atoms with Gasteiger partial charge in [0, 0.05) is 48.5 Å². The van der Waals surface area contributed by atoms with Gasteiger partial charge in [0.1, 0.15) is 5.65 Å². The highest BCUT2D eigenvalue weighted by Gasteiger charge is 2.26. The van der Waals surface area contributed by atoms with Crippen LogP contribution in [0.3, 0.4) is 0 Å². The highest BCUT2D eigenvalue weighted by Crippen LogP contribution is 2.36. The molecule has 0 N–H and O–H groups in total. The summed E-state index contributed by atoms with van der Waals surface area (Å²) in [7, 11) is 0. The molecule has 1 aromatic carbocycles. The van der Waals surface area contributed by atoms with Gasteiger partial charge in [0.25, 0.3) is 0 Å². The normalized spacial score (nSPS) is 17.1. The number of imidazole rings is 1. The lowest BCUT2D eigenvalue weighted by Crippen LogP contribution is -2.37. The van der Waals surface area contributed by atoms with Crippen LogP contribution in [-0.4, -0.2) is 52.9 Å². The monoisotopic (exact) mass is 477 g/mol. The first kappa shape index (κ1) is 20.4. The molecular formula is C25H24BrN3O2. The molecule has 2 aromatic heterocycles. The lowest BCUT2D eigenvalue weighted by Gasteiger charge is -2.26. The van der Waals surface area contributed by atoms with Crippen LogP contribution in [0.25, 0.3) is 17.3 Å². The van der Waals surface area contributed by atoms with Crippen molar-refractivity contribution >= 4 is 39.0 Å². The fourth-order valence-electron chi connectivity index (χ4n) is 4.32. The number of fused-ring (bicyclic) bond motifs is 2. The van der Waals surface area contributed by atoms with Crippen molar-refractivity contribution in [1.29, 1.82) is 0 Å². The van der Waals surface area contributed by atoms with Crippen LogP contribution < -0.4 is 0 Å². The smallest absolute Gasteiger partial charge is 0.165 e. The third-order valence-corrected chi connectivity index (χ3v) is 6.41. The predicted octanol–water partition coefficient (Wildman–Crippen LogP) is 4.41. The molecule has 0 amide bonds. The molecule has 1 aliphatic carbocycles. The first-order chi connectivity index (χ1) is 15.2. The summed E-state index contributed by atoms with van der Waals surface area (Å²) in [6.45, 7) is 4.08. The number of hydrogen-bond donors (Lipinski definition) is 0. The minimum Gasteiger partial charge on any atom is -0.379 e. The maximum absolute atomic E-state index is 13.3. The van der Waals surface area contributed by atoms with E-state index in [4.69, 9.17) is 4.74 Å². The van der Waals surface area contributed by atoms with E-state index in [1.807, 2.05) is 47.1 Å². The Balaban J connectivity index is 1.42. The second-order valence-corrected chi connectivity index (χ2v) is 8.89. The summed E-state index contributed by atoms with van der Waals surface area (Å²) in [5.41, 5.74) is 5.98. The van der Waals surface area contributed by atoms with Crippen LogP contribution in [-0.2, 0) is 16.0 Å². The number of halogens is 1. The zero-order chi connectivity index (χ0) is 21.2. The number of rotatable bonds is 6. The standard InChI is InChI=1S/C25H24BrN3O2/c26-20-5-7-22-19(16-20)15-18(4-6-21-17-29-9-2-1-3-24(29)27-21)25(22)23(30)8-10-28-11-13-31-14-12-28/h1-7,9,16-17H,8,10-15H2/b6-4+. The minimum absolute atomic E-state index is 0.210. The van der Waals surface area contributed by atoms with Gasteiger partial charge in [0.2, 0.25) is 0 Å². The summed E-state index contributed by atoms with van der Waals surface area (Å²) in [6, 6.07) is 12.2. The van der Waals surface area contributed by atoms with Crippen LogP contribution in [0.1, 0.15) is 23.2 Å². The Bertz CT molecular complexity index is 1160. The van der Waals surface area contributed by atoms with E-state index in [2.05, 4.69) is 44.0 Å². The Kier molecular flexibility index (Phi) is 5.85. The summed E-state index contributed by atoms with van der Waals surface area (Å²) in [5, 5.41) is 0. The van der Waals surface area contributed by atoms with Crippen LogP contribution in [0.2, 0.25) is 0 Å². The van der Waals surface area contributed by atoms with Crippen LogP contribution in [0.15, 0.2) is 64.9 Å². The Morgan fingerprint density at radius 2 is 2.03 bits per heavy atom. The van der Waals surface area contributed by atoms with Gasteiger partial charge in [-0.15, -0.1) is 0 Å². The summed E-state index contributed by atoms with van der Waals surface area (Å²) in [5.74, 6) is 0.210. The van der Waals surface area contributed by atoms with Gasteiger partial charge in [-0.25, -0.2) is 4.98 Å². The molecule has 158 valence electrons. The van der Waals surface area contributed by atoms with Gasteiger partial charge in [0.05, 0.1) is 18.9 Å². The largest absolute Gasteiger partial charge is 0.379 e. The third kappa shape index (κ3) is 4.42. The lowest BCUT2D eigenvalue weighted by molar-refractivity contribution is -0.114. The van der Waals surface area contributed by atoms with Gasteiger partial charge in [-0.2, -0.15) is 0 Å². The van der Waals surface area contributed by atoms with Gasteiger partial charge in [-0.1, -0.05) is 34.1 Å². The van der Waals surface area contributed by atoms with Crippen LogP contribution >= 0.6 is 15.9 Å². The van der Waals surface area contributed by atoms with Gasteiger partial charge >= 0.3 is 0 Å². The molecule has 3 aromatic rings. The molecule has 5 rings (SSSR count). The van der Waals surface area contributed by atoms with E-state index in [1.54, 1.807) is 0 Å². The number of allylic oxidation sites excluding steroid dienone is 3. The molecule has 1 aliphatic heterocycles. The second kappa shape index (κ2) is 8.91. The fraction of sp³-hybridized carbons (Fsp3) is 0.280. The molecule has 0 unspecified atom stereocenters. The highest BCUT2D eigenvalue weighted by atomic mass is 79.9. The zero-order valence-corrected chi connectivity index (χ0v) is 18.8. The Hall–Kier alpha value is -2.54. The highest BCUT2D eigenvalue weighted by molar-refractivity contribution is 9.10. The van der Waals surface area contributed by atoms with Crippen molar-refractivity contribution in [2.24, 2.45) is 0 Å². The minimum atomic E-state index is 0.210. The number of carbonyl (C=O) groups is 1. The van der Waals surface area contributed by atoms with E-state index in [-0.39, 0.29) is 5.78 Å². The number of aromatic nitrogens is 2. The first-order valence-corrected chi connectivity index (χ1v) is 11.4. The number of hydrogen-bond acceptors (Lipinski definition) is 4. The number of nitrogens with zero attached hydrogens (tertiary/aromatic N) is 3. The van der Waals surface area contributed by atoms with Crippen molar-refractivity contribution in [1.82, 2.24) is 14.3 Å². The molecule has 5 nitrogen and oxygen atoms in total. The van der Waals surface area contributed by atoms with Gasteiger partial charge in [-0.3, -0.25) is 9.69 Å². The topological polar surface area (TPSA) is 46.8 Å². The molecule has 6 heteroatoms. The molecule has 0 saturated carbocycles. The molecular weight excluding hydrogens is 454 g/mol. The lowest BCUT2D eigenvalue weighted by atomic mass is 9.99. The van der Waals surface area contributed by atoms with E-state index >= 15 is 0 Å². The molecule has 2 aliphatic rings. The van der Waals surface area contributed by atoms with Gasteiger partial charge in [0.15, 0.2) is 5.78 Å². The average Bonchev–Trinajstić information content (AvgIpc) is 3.37. The zero-order valence-electron chi connectivity index (χ0n) is 17.3. The molecule has 0 bridgehead atoms. The van der Waals surface area contributed by atoms with Crippen LogP contribution in [0.4, 0.5) is 0 Å². The number of morpholine rings is 1. The SMILES string of the molecule is O=C(CCN1CCOCC1)C1=C(/C=C/c2cn3ccccc3n2)Cc2cc(Br)ccc21. The molecule has 0 radical (unpaired) electrons. The van der Waals surface area contributed by atoms with Crippen molar-refractivity contribution in [3.8, 4) is 0 Å². The second-order valence-electron chi connectivity index (χ2n) is 7.97. The maximum Gasteiger partial charge on any atom is 0.165 e.